The van der Waals surface area contributed by atoms with Gasteiger partial charge in [-0.2, -0.15) is 8.42 Å². The fourth-order valence-electron chi connectivity index (χ4n) is 9.59. The molecule has 0 spiro atoms. The molecule has 250 valence electrons. The summed E-state index contributed by atoms with van der Waals surface area (Å²) in [5.74, 6) is 1.27. The number of aromatic nitrogens is 1. The van der Waals surface area contributed by atoms with E-state index in [1.807, 2.05) is 16.9 Å². The summed E-state index contributed by atoms with van der Waals surface area (Å²) in [6, 6.07) is 12.4. The summed E-state index contributed by atoms with van der Waals surface area (Å²) in [5, 5.41) is 6.23. The second kappa shape index (κ2) is 11.1. The number of hydrogen-bond acceptors (Lipinski definition) is 6. The molecule has 3 N–H and O–H groups in total. The molecule has 4 fully saturated rings. The molecule has 1 aromatic heterocycles. The first-order valence-corrected chi connectivity index (χ1v) is 18.8. The zero-order chi connectivity index (χ0) is 32.8. The van der Waals surface area contributed by atoms with E-state index >= 15 is 0 Å². The van der Waals surface area contributed by atoms with Crippen LogP contribution >= 0.6 is 0 Å². The Bertz CT molecular complexity index is 1900. The minimum Gasteiger partial charge on any atom is -0.497 e. The molecule has 2 aromatic carbocycles. The molecule has 2 amide bonds. The van der Waals surface area contributed by atoms with Gasteiger partial charge in [-0.3, -0.25) is 14.5 Å². The first-order valence-electron chi connectivity index (χ1n) is 17.2. The third kappa shape index (κ3) is 5.07. The molecule has 2 aliphatic carbocycles. The minimum absolute atomic E-state index is 0.0639. The standard InChI is InChI=1S/C36H45N5O5S/c1-21(2)17-39-18-25-14-24(39)19-40(25)35(43)36-16-30(36)29-15-26(46-3)10-12-27(29)33-32(22-7-5-4-6-8-22)28-11-9-23(13-31(28)41(33)20-36)34(42)38-47(37,44)45/h9-13,15,21-22,24-25,30H,4-8,14,16-20H2,1-3H3,(H,38,42)(H2,37,44,45)/t24-,25-,30+,36?/m1/s1. The number of hydrogen-bond donors (Lipinski definition) is 2. The van der Waals surface area contributed by atoms with Gasteiger partial charge in [-0.05, 0) is 79.0 Å². The van der Waals surface area contributed by atoms with Crippen molar-refractivity contribution in [3.63, 3.8) is 0 Å². The number of rotatable bonds is 7. The van der Waals surface area contributed by atoms with Gasteiger partial charge in [0.15, 0.2) is 0 Å². The van der Waals surface area contributed by atoms with Gasteiger partial charge in [0.05, 0.1) is 18.2 Å². The Labute approximate surface area is 276 Å². The SMILES string of the molecule is COc1ccc2c(c1)[C@@H]1CC1(C(=O)N1C[C@H]3C[C@@H]1CN3CC(C)C)Cn1c-2c(C2CCCCC2)c2ccc(C(=O)NS(N)(=O)=O)cc21. The summed E-state index contributed by atoms with van der Waals surface area (Å²) in [4.78, 5) is 32.7. The lowest BCUT2D eigenvalue weighted by molar-refractivity contribution is -0.140. The van der Waals surface area contributed by atoms with Crippen molar-refractivity contribution in [2.24, 2.45) is 16.5 Å². The molecule has 2 saturated heterocycles. The molecule has 10 nitrogen and oxygen atoms in total. The Hall–Kier alpha value is -3.41. The van der Waals surface area contributed by atoms with Gasteiger partial charge in [0.2, 0.25) is 5.91 Å². The Balaban J connectivity index is 1.28. The average Bonchev–Trinajstić information content (AvgIpc) is 3.27. The van der Waals surface area contributed by atoms with E-state index in [1.165, 1.54) is 12.0 Å². The van der Waals surface area contributed by atoms with E-state index in [0.717, 1.165) is 91.6 Å². The molecule has 8 rings (SSSR count). The third-order valence-electron chi connectivity index (χ3n) is 11.7. The summed E-state index contributed by atoms with van der Waals surface area (Å²) in [5.41, 5.74) is 5.16. The van der Waals surface area contributed by atoms with E-state index in [1.54, 1.807) is 19.2 Å². The van der Waals surface area contributed by atoms with E-state index in [0.29, 0.717) is 24.4 Å². The van der Waals surface area contributed by atoms with Crippen LogP contribution in [0.15, 0.2) is 36.4 Å². The Morgan fingerprint density at radius 3 is 2.53 bits per heavy atom. The van der Waals surface area contributed by atoms with Crippen LogP contribution in [-0.4, -0.2) is 73.4 Å². The fourth-order valence-corrected chi connectivity index (χ4v) is 9.96. The van der Waals surface area contributed by atoms with Gasteiger partial charge in [-0.1, -0.05) is 39.2 Å². The maximum Gasteiger partial charge on any atom is 0.298 e. The van der Waals surface area contributed by atoms with Crippen molar-refractivity contribution in [3.05, 3.63) is 53.1 Å². The molecule has 2 saturated carbocycles. The van der Waals surface area contributed by atoms with Crippen LogP contribution in [0.5, 0.6) is 5.75 Å². The van der Waals surface area contributed by atoms with Gasteiger partial charge < -0.3 is 14.2 Å². The number of nitrogens with zero attached hydrogens (tertiary/aromatic N) is 3. The number of piperazine rings is 1. The number of benzene rings is 2. The predicted molar refractivity (Wildman–Crippen MR) is 180 cm³/mol. The summed E-state index contributed by atoms with van der Waals surface area (Å²) in [7, 11) is -2.54. The highest BCUT2D eigenvalue weighted by atomic mass is 32.2. The summed E-state index contributed by atoms with van der Waals surface area (Å²) < 4.78 is 33.5. The minimum atomic E-state index is -4.23. The van der Waals surface area contributed by atoms with E-state index in [-0.39, 0.29) is 23.4 Å². The van der Waals surface area contributed by atoms with Gasteiger partial charge in [0, 0.05) is 66.2 Å². The number of fused-ring (bicyclic) bond motifs is 9. The predicted octanol–water partition coefficient (Wildman–Crippen LogP) is 4.73. The molecule has 47 heavy (non-hydrogen) atoms. The Morgan fingerprint density at radius 2 is 1.85 bits per heavy atom. The number of carbonyl (C=O) groups excluding carboxylic acids is 2. The number of likely N-dealkylation sites (tertiary alicyclic amines) is 2. The molecule has 4 heterocycles. The van der Waals surface area contributed by atoms with Gasteiger partial charge in [-0.15, -0.1) is 0 Å². The first-order chi connectivity index (χ1) is 22.5. The van der Waals surface area contributed by atoms with Crippen LogP contribution in [0.25, 0.3) is 22.2 Å². The third-order valence-corrected chi connectivity index (χ3v) is 12.1. The molecule has 3 aromatic rings. The average molecular weight is 660 g/mol. The van der Waals surface area contributed by atoms with Crippen LogP contribution in [0.2, 0.25) is 0 Å². The van der Waals surface area contributed by atoms with Crippen LogP contribution in [0.1, 0.15) is 92.1 Å². The molecule has 0 radical (unpaired) electrons. The molecular formula is C36H45N5O5S. The zero-order valence-electron chi connectivity index (χ0n) is 27.5. The monoisotopic (exact) mass is 659 g/mol. The van der Waals surface area contributed by atoms with E-state index in [9.17, 15) is 18.0 Å². The van der Waals surface area contributed by atoms with Crippen molar-refractivity contribution in [1.82, 2.24) is 19.1 Å². The van der Waals surface area contributed by atoms with Crippen LogP contribution in [0, 0.1) is 11.3 Å². The van der Waals surface area contributed by atoms with Crippen molar-refractivity contribution < 1.29 is 22.7 Å². The highest BCUT2D eigenvalue weighted by molar-refractivity contribution is 7.87. The topological polar surface area (TPSA) is 127 Å². The van der Waals surface area contributed by atoms with Crippen molar-refractivity contribution >= 4 is 32.9 Å². The van der Waals surface area contributed by atoms with Crippen LogP contribution < -0.4 is 14.6 Å². The summed E-state index contributed by atoms with van der Waals surface area (Å²) in [6.07, 6.45) is 7.52. The highest BCUT2D eigenvalue weighted by Gasteiger charge is 2.65. The van der Waals surface area contributed by atoms with Gasteiger partial charge in [-0.25, -0.2) is 9.86 Å². The molecule has 5 aliphatic rings. The Morgan fingerprint density at radius 1 is 1.06 bits per heavy atom. The summed E-state index contributed by atoms with van der Waals surface area (Å²) in [6.45, 7) is 7.80. The van der Waals surface area contributed by atoms with Crippen LogP contribution in [-0.2, 0) is 21.5 Å². The lowest BCUT2D eigenvalue weighted by Crippen LogP contribution is -2.52. The molecular weight excluding hydrogens is 614 g/mol. The van der Waals surface area contributed by atoms with E-state index < -0.39 is 21.5 Å². The van der Waals surface area contributed by atoms with Crippen LogP contribution in [0.4, 0.5) is 0 Å². The van der Waals surface area contributed by atoms with E-state index in [2.05, 4.69) is 40.3 Å². The van der Waals surface area contributed by atoms with Crippen LogP contribution in [0.3, 0.4) is 0 Å². The maximum atomic E-state index is 14.9. The quantitative estimate of drug-likeness (QED) is 0.378. The number of amides is 2. The van der Waals surface area contributed by atoms with Crippen molar-refractivity contribution in [1.29, 1.82) is 0 Å². The van der Waals surface area contributed by atoms with Crippen molar-refractivity contribution in [2.75, 3.05) is 26.7 Å². The first kappa shape index (κ1) is 30.9. The number of carbonyl (C=O) groups is 2. The van der Waals surface area contributed by atoms with Gasteiger partial charge in [0.1, 0.15) is 5.75 Å². The molecule has 1 unspecified atom stereocenters. The number of methoxy groups -OCH3 is 1. The van der Waals surface area contributed by atoms with Crippen molar-refractivity contribution in [3.8, 4) is 17.0 Å². The molecule has 11 heteroatoms. The molecule has 4 atom stereocenters. The Kier molecular flexibility index (Phi) is 7.27. The fraction of sp³-hybridized carbons (Fsp3) is 0.556. The maximum absolute atomic E-state index is 14.9. The van der Waals surface area contributed by atoms with Crippen molar-refractivity contribution in [2.45, 2.75) is 89.3 Å². The highest BCUT2D eigenvalue weighted by Crippen LogP contribution is 2.66. The smallest absolute Gasteiger partial charge is 0.298 e. The normalized spacial score (nSPS) is 27.0. The lowest BCUT2D eigenvalue weighted by Gasteiger charge is -2.37. The summed E-state index contributed by atoms with van der Waals surface area (Å²) >= 11 is 0. The second-order valence-electron chi connectivity index (χ2n) is 15.1. The van der Waals surface area contributed by atoms with Gasteiger partial charge >= 0.3 is 0 Å². The second-order valence-corrected chi connectivity index (χ2v) is 16.4. The number of nitrogens with one attached hydrogen (secondary N) is 1. The molecule has 3 aliphatic heterocycles. The number of ether oxygens (including phenoxy) is 1. The van der Waals surface area contributed by atoms with Gasteiger partial charge in [0.25, 0.3) is 16.1 Å². The largest absolute Gasteiger partial charge is 0.497 e. The van der Waals surface area contributed by atoms with E-state index in [4.69, 9.17) is 9.88 Å². The zero-order valence-corrected chi connectivity index (χ0v) is 28.3. The lowest BCUT2D eigenvalue weighted by atomic mass is 9.81. The molecule has 2 bridgehead atoms. The number of nitrogens with two attached hydrogens (primary N) is 1.